The number of rotatable bonds is 2. The van der Waals surface area contributed by atoms with E-state index in [0.29, 0.717) is 13.1 Å². The first-order valence-corrected chi connectivity index (χ1v) is 6.88. The van der Waals surface area contributed by atoms with Gasteiger partial charge in [0.1, 0.15) is 0 Å². The lowest BCUT2D eigenvalue weighted by molar-refractivity contribution is -0.142. The first-order valence-electron chi connectivity index (χ1n) is 6.88. The summed E-state index contributed by atoms with van der Waals surface area (Å²) in [6, 6.07) is 9.59. The predicted molar refractivity (Wildman–Crippen MR) is 76.3 cm³/mol. The molecule has 1 heterocycles. The van der Waals surface area contributed by atoms with Gasteiger partial charge in [-0.15, -0.1) is 0 Å². The minimum atomic E-state index is -0.830. The van der Waals surface area contributed by atoms with Gasteiger partial charge in [-0.1, -0.05) is 51.1 Å². The summed E-state index contributed by atoms with van der Waals surface area (Å²) >= 11 is 0. The third-order valence-electron chi connectivity index (χ3n) is 3.79. The standard InChI is InChI=1S/C16H21NO3/c1-16(2,3)15(20)17-9-12(13(10-17)14(18)19)11-7-5-4-6-8-11/h4-8,12-13H,9-10H2,1-3H3,(H,18,19). The van der Waals surface area contributed by atoms with E-state index < -0.39 is 17.3 Å². The lowest BCUT2D eigenvalue weighted by atomic mass is 9.89. The summed E-state index contributed by atoms with van der Waals surface area (Å²) < 4.78 is 0. The molecule has 0 aliphatic carbocycles. The second-order valence-electron chi connectivity index (χ2n) is 6.42. The maximum absolute atomic E-state index is 12.3. The molecule has 1 N–H and O–H groups in total. The van der Waals surface area contributed by atoms with Gasteiger partial charge in [0, 0.05) is 24.4 Å². The number of aliphatic carboxylic acids is 1. The Morgan fingerprint density at radius 3 is 2.25 bits per heavy atom. The Morgan fingerprint density at radius 1 is 1.15 bits per heavy atom. The van der Waals surface area contributed by atoms with Gasteiger partial charge in [-0.2, -0.15) is 0 Å². The molecule has 0 aromatic heterocycles. The summed E-state index contributed by atoms with van der Waals surface area (Å²) in [4.78, 5) is 25.5. The highest BCUT2D eigenvalue weighted by Gasteiger charge is 2.42. The molecule has 1 aliphatic heterocycles. The van der Waals surface area contributed by atoms with Crippen LogP contribution in [-0.2, 0) is 9.59 Å². The summed E-state index contributed by atoms with van der Waals surface area (Å²) in [7, 11) is 0. The van der Waals surface area contributed by atoms with Gasteiger partial charge in [0.15, 0.2) is 0 Å². The normalized spacial score (nSPS) is 22.9. The molecular formula is C16H21NO3. The first kappa shape index (κ1) is 14.6. The van der Waals surface area contributed by atoms with E-state index in [0.717, 1.165) is 5.56 Å². The van der Waals surface area contributed by atoms with Crippen molar-refractivity contribution in [1.82, 2.24) is 4.90 Å². The van der Waals surface area contributed by atoms with E-state index in [1.807, 2.05) is 51.1 Å². The van der Waals surface area contributed by atoms with E-state index in [-0.39, 0.29) is 11.8 Å². The lowest BCUT2D eigenvalue weighted by Crippen LogP contribution is -2.38. The summed E-state index contributed by atoms with van der Waals surface area (Å²) in [5, 5.41) is 9.41. The van der Waals surface area contributed by atoms with Gasteiger partial charge in [-0.3, -0.25) is 9.59 Å². The molecule has 0 bridgehead atoms. The van der Waals surface area contributed by atoms with Crippen LogP contribution in [0, 0.1) is 11.3 Å². The molecule has 4 nitrogen and oxygen atoms in total. The quantitative estimate of drug-likeness (QED) is 0.901. The molecule has 0 spiro atoms. The van der Waals surface area contributed by atoms with Gasteiger partial charge >= 0.3 is 5.97 Å². The van der Waals surface area contributed by atoms with Crippen LogP contribution < -0.4 is 0 Å². The summed E-state index contributed by atoms with van der Waals surface area (Å²) in [6.07, 6.45) is 0. The third-order valence-corrected chi connectivity index (χ3v) is 3.79. The Hall–Kier alpha value is -1.84. The average molecular weight is 275 g/mol. The van der Waals surface area contributed by atoms with Crippen LogP contribution in [-0.4, -0.2) is 35.0 Å². The SMILES string of the molecule is CC(C)(C)C(=O)N1CC(C(=O)O)C(c2ccccc2)C1. The lowest BCUT2D eigenvalue weighted by Gasteiger charge is -2.25. The predicted octanol–water partition coefficient (Wildman–Crippen LogP) is 2.36. The van der Waals surface area contributed by atoms with Crippen LogP contribution in [0.3, 0.4) is 0 Å². The summed E-state index contributed by atoms with van der Waals surface area (Å²) in [5.74, 6) is -1.46. The molecular weight excluding hydrogens is 254 g/mol. The maximum Gasteiger partial charge on any atom is 0.308 e. The zero-order chi connectivity index (χ0) is 14.9. The molecule has 108 valence electrons. The first-order chi connectivity index (χ1) is 9.30. The fourth-order valence-corrected chi connectivity index (χ4v) is 2.73. The smallest absolute Gasteiger partial charge is 0.308 e. The van der Waals surface area contributed by atoms with Gasteiger partial charge in [0.25, 0.3) is 0 Å². The Morgan fingerprint density at radius 2 is 1.75 bits per heavy atom. The highest BCUT2D eigenvalue weighted by molar-refractivity contribution is 5.83. The molecule has 1 amide bonds. The number of amides is 1. The fraction of sp³-hybridized carbons (Fsp3) is 0.500. The van der Waals surface area contributed by atoms with Crippen LogP contribution in [0.4, 0.5) is 0 Å². The summed E-state index contributed by atoms with van der Waals surface area (Å²) in [6.45, 7) is 6.37. The van der Waals surface area contributed by atoms with Gasteiger partial charge in [0.2, 0.25) is 5.91 Å². The molecule has 1 aliphatic rings. The maximum atomic E-state index is 12.3. The minimum Gasteiger partial charge on any atom is -0.481 e. The minimum absolute atomic E-state index is 0.0159. The Kier molecular flexibility index (Phi) is 3.84. The van der Waals surface area contributed by atoms with Gasteiger partial charge in [0.05, 0.1) is 5.92 Å². The molecule has 1 aromatic carbocycles. The Bertz CT molecular complexity index is 504. The van der Waals surface area contributed by atoms with Crippen molar-refractivity contribution >= 4 is 11.9 Å². The van der Waals surface area contributed by atoms with Crippen LogP contribution in [0.2, 0.25) is 0 Å². The second-order valence-corrected chi connectivity index (χ2v) is 6.42. The highest BCUT2D eigenvalue weighted by atomic mass is 16.4. The number of hydrogen-bond acceptors (Lipinski definition) is 2. The molecule has 0 radical (unpaired) electrons. The van der Waals surface area contributed by atoms with Crippen molar-refractivity contribution in [3.05, 3.63) is 35.9 Å². The molecule has 1 fully saturated rings. The number of carbonyl (C=O) groups excluding carboxylic acids is 1. The number of hydrogen-bond donors (Lipinski definition) is 1. The fourth-order valence-electron chi connectivity index (χ4n) is 2.73. The largest absolute Gasteiger partial charge is 0.481 e. The van der Waals surface area contributed by atoms with E-state index in [4.69, 9.17) is 0 Å². The van der Waals surface area contributed by atoms with Crippen molar-refractivity contribution in [2.24, 2.45) is 11.3 Å². The van der Waals surface area contributed by atoms with Crippen molar-refractivity contribution in [2.45, 2.75) is 26.7 Å². The molecule has 2 rings (SSSR count). The van der Waals surface area contributed by atoms with Gasteiger partial charge < -0.3 is 10.0 Å². The summed E-state index contributed by atoms with van der Waals surface area (Å²) in [5.41, 5.74) is 0.512. The molecule has 1 saturated heterocycles. The van der Waals surface area contributed by atoms with Crippen molar-refractivity contribution in [3.63, 3.8) is 0 Å². The zero-order valence-corrected chi connectivity index (χ0v) is 12.2. The van der Waals surface area contributed by atoms with Crippen LogP contribution >= 0.6 is 0 Å². The molecule has 2 unspecified atom stereocenters. The number of nitrogens with zero attached hydrogens (tertiary/aromatic N) is 1. The number of carboxylic acid groups (broad SMARTS) is 1. The second kappa shape index (κ2) is 5.27. The average Bonchev–Trinajstić information content (AvgIpc) is 2.82. The van der Waals surface area contributed by atoms with Gasteiger partial charge in [-0.25, -0.2) is 0 Å². The number of carbonyl (C=O) groups is 2. The number of likely N-dealkylation sites (tertiary alicyclic amines) is 1. The van der Waals surface area contributed by atoms with Gasteiger partial charge in [-0.05, 0) is 5.56 Å². The number of benzene rings is 1. The Balaban J connectivity index is 2.25. The molecule has 1 aromatic rings. The molecule has 4 heteroatoms. The van der Waals surface area contributed by atoms with Crippen molar-refractivity contribution in [1.29, 1.82) is 0 Å². The van der Waals surface area contributed by atoms with Crippen LogP contribution in [0.1, 0.15) is 32.3 Å². The van der Waals surface area contributed by atoms with Crippen LogP contribution in [0.15, 0.2) is 30.3 Å². The monoisotopic (exact) mass is 275 g/mol. The van der Waals surface area contributed by atoms with E-state index in [1.165, 1.54) is 0 Å². The van der Waals surface area contributed by atoms with E-state index >= 15 is 0 Å². The Labute approximate surface area is 119 Å². The van der Waals surface area contributed by atoms with Crippen LogP contribution in [0.25, 0.3) is 0 Å². The molecule has 0 saturated carbocycles. The van der Waals surface area contributed by atoms with Crippen molar-refractivity contribution in [3.8, 4) is 0 Å². The zero-order valence-electron chi connectivity index (χ0n) is 12.2. The third kappa shape index (κ3) is 2.84. The highest BCUT2D eigenvalue weighted by Crippen LogP contribution is 2.34. The topological polar surface area (TPSA) is 57.6 Å². The number of carboxylic acids is 1. The molecule has 20 heavy (non-hydrogen) atoms. The molecule has 2 atom stereocenters. The van der Waals surface area contributed by atoms with Crippen LogP contribution in [0.5, 0.6) is 0 Å². The van der Waals surface area contributed by atoms with Crippen molar-refractivity contribution < 1.29 is 14.7 Å². The van der Waals surface area contributed by atoms with E-state index in [2.05, 4.69) is 0 Å². The van der Waals surface area contributed by atoms with E-state index in [9.17, 15) is 14.7 Å². The van der Waals surface area contributed by atoms with E-state index in [1.54, 1.807) is 4.90 Å². The van der Waals surface area contributed by atoms with Crippen molar-refractivity contribution in [2.75, 3.05) is 13.1 Å².